The van der Waals surface area contributed by atoms with Crippen molar-refractivity contribution in [1.29, 1.82) is 0 Å². The minimum atomic E-state index is -0.763. The molecule has 0 saturated carbocycles. The Morgan fingerprint density at radius 1 is 1.19 bits per heavy atom. The lowest BCUT2D eigenvalue weighted by atomic mass is 10.1. The number of ether oxygens (including phenoxy) is 1. The summed E-state index contributed by atoms with van der Waals surface area (Å²) < 4.78 is 7.48. The van der Waals surface area contributed by atoms with Crippen LogP contribution >= 0.6 is 11.3 Å². The van der Waals surface area contributed by atoms with Crippen molar-refractivity contribution in [3.63, 3.8) is 0 Å². The van der Waals surface area contributed by atoms with E-state index in [4.69, 9.17) is 4.74 Å². The largest absolute Gasteiger partial charge is 0.467 e. The third kappa shape index (κ3) is 3.36. The Labute approximate surface area is 154 Å². The number of rotatable bonds is 4. The summed E-state index contributed by atoms with van der Waals surface area (Å²) in [6.45, 7) is 5.69. The van der Waals surface area contributed by atoms with Gasteiger partial charge in [-0.05, 0) is 31.2 Å². The van der Waals surface area contributed by atoms with Crippen LogP contribution in [0.2, 0.25) is 0 Å². The van der Waals surface area contributed by atoms with Crippen LogP contribution < -0.4 is 4.80 Å². The van der Waals surface area contributed by atoms with Gasteiger partial charge in [0.1, 0.15) is 0 Å². The molecule has 0 aliphatic heterocycles. The standard InChI is InChI=1S/C20H18N2O3S/c1-4-15(19(24)25-3)22-16-7-5-6-8-17(16)26-20(22)21-18(23)14-11-9-13(2)10-12-14/h4-12,15H,1H2,2-3H3. The van der Waals surface area contributed by atoms with Gasteiger partial charge in [-0.2, -0.15) is 4.99 Å². The number of para-hydroxylation sites is 1. The Morgan fingerprint density at radius 2 is 1.88 bits per heavy atom. The summed E-state index contributed by atoms with van der Waals surface area (Å²) in [7, 11) is 1.32. The van der Waals surface area contributed by atoms with E-state index >= 15 is 0 Å². The van der Waals surface area contributed by atoms with Gasteiger partial charge in [0.15, 0.2) is 10.8 Å². The molecule has 26 heavy (non-hydrogen) atoms. The monoisotopic (exact) mass is 366 g/mol. The third-order valence-corrected chi connectivity index (χ3v) is 5.01. The Hall–Kier alpha value is -2.99. The second-order valence-electron chi connectivity index (χ2n) is 5.71. The molecular weight excluding hydrogens is 348 g/mol. The van der Waals surface area contributed by atoms with Crippen molar-refractivity contribution in [2.75, 3.05) is 7.11 Å². The Balaban J connectivity index is 2.20. The number of aryl methyl sites for hydroxylation is 1. The molecule has 0 bridgehead atoms. The van der Waals surface area contributed by atoms with Crippen molar-refractivity contribution in [3.05, 3.63) is 77.1 Å². The van der Waals surface area contributed by atoms with Crippen LogP contribution in [0.1, 0.15) is 22.0 Å². The van der Waals surface area contributed by atoms with E-state index in [1.165, 1.54) is 24.5 Å². The SMILES string of the molecule is C=CC(C(=O)OC)n1c(=NC(=O)c2ccc(C)cc2)sc2ccccc21. The van der Waals surface area contributed by atoms with Gasteiger partial charge in [-0.25, -0.2) is 4.79 Å². The normalized spacial score (nSPS) is 12.8. The molecule has 0 saturated heterocycles. The smallest absolute Gasteiger partial charge is 0.332 e. The van der Waals surface area contributed by atoms with E-state index in [-0.39, 0.29) is 5.91 Å². The molecule has 1 unspecified atom stereocenters. The number of esters is 1. The summed E-state index contributed by atoms with van der Waals surface area (Å²) in [4.78, 5) is 29.5. The number of fused-ring (bicyclic) bond motifs is 1. The van der Waals surface area contributed by atoms with E-state index in [9.17, 15) is 9.59 Å². The van der Waals surface area contributed by atoms with E-state index < -0.39 is 12.0 Å². The lowest BCUT2D eigenvalue weighted by Gasteiger charge is -2.13. The molecule has 6 heteroatoms. The lowest BCUT2D eigenvalue weighted by molar-refractivity contribution is -0.142. The summed E-state index contributed by atoms with van der Waals surface area (Å²) in [6, 6.07) is 14.0. The molecule has 5 nitrogen and oxygen atoms in total. The van der Waals surface area contributed by atoms with E-state index in [0.29, 0.717) is 10.4 Å². The number of nitrogens with zero attached hydrogens (tertiary/aromatic N) is 2. The van der Waals surface area contributed by atoms with E-state index in [1.807, 2.05) is 43.3 Å². The molecule has 0 radical (unpaired) electrons. The first-order valence-corrected chi connectivity index (χ1v) is 8.83. The quantitative estimate of drug-likeness (QED) is 0.523. The molecule has 0 fully saturated rings. The fraction of sp³-hybridized carbons (Fsp3) is 0.150. The number of amides is 1. The maximum absolute atomic E-state index is 12.6. The Morgan fingerprint density at radius 3 is 2.54 bits per heavy atom. The average molecular weight is 366 g/mol. The van der Waals surface area contributed by atoms with Gasteiger partial charge in [0.05, 0.1) is 17.3 Å². The number of aromatic nitrogens is 1. The van der Waals surface area contributed by atoms with Gasteiger partial charge in [0, 0.05) is 5.56 Å². The van der Waals surface area contributed by atoms with Gasteiger partial charge in [0.25, 0.3) is 5.91 Å². The number of hydrogen-bond acceptors (Lipinski definition) is 4. The van der Waals surface area contributed by atoms with Crippen LogP contribution in [0.5, 0.6) is 0 Å². The molecule has 1 heterocycles. The second-order valence-corrected chi connectivity index (χ2v) is 6.72. The maximum Gasteiger partial charge on any atom is 0.332 e. The Bertz CT molecular complexity index is 1040. The number of benzene rings is 2. The van der Waals surface area contributed by atoms with Crippen LogP contribution in [0.3, 0.4) is 0 Å². The first-order chi connectivity index (χ1) is 12.5. The molecule has 3 rings (SSSR count). The van der Waals surface area contributed by atoms with Gasteiger partial charge >= 0.3 is 5.97 Å². The van der Waals surface area contributed by atoms with Gasteiger partial charge in [-0.3, -0.25) is 9.36 Å². The van der Waals surface area contributed by atoms with E-state index in [1.54, 1.807) is 16.7 Å². The average Bonchev–Trinajstić information content (AvgIpc) is 3.00. The summed E-state index contributed by atoms with van der Waals surface area (Å²) >= 11 is 1.34. The molecule has 132 valence electrons. The van der Waals surface area contributed by atoms with Crippen LogP contribution in [0, 0.1) is 6.92 Å². The zero-order valence-electron chi connectivity index (χ0n) is 14.5. The molecular formula is C20H18N2O3S. The number of methoxy groups -OCH3 is 1. The van der Waals surface area contributed by atoms with Crippen LogP contribution in [-0.4, -0.2) is 23.6 Å². The van der Waals surface area contributed by atoms with E-state index in [2.05, 4.69) is 11.6 Å². The molecule has 0 spiro atoms. The minimum absolute atomic E-state index is 0.363. The van der Waals surface area contributed by atoms with Gasteiger partial charge in [-0.15, -0.1) is 6.58 Å². The highest BCUT2D eigenvalue weighted by Gasteiger charge is 2.22. The van der Waals surface area contributed by atoms with Crippen molar-refractivity contribution < 1.29 is 14.3 Å². The zero-order chi connectivity index (χ0) is 18.7. The van der Waals surface area contributed by atoms with Crippen LogP contribution in [0.25, 0.3) is 10.2 Å². The van der Waals surface area contributed by atoms with Crippen LogP contribution in [0.15, 0.2) is 66.2 Å². The highest BCUT2D eigenvalue weighted by Crippen LogP contribution is 2.22. The topological polar surface area (TPSA) is 60.7 Å². The van der Waals surface area contributed by atoms with Gasteiger partial charge in [-0.1, -0.05) is 47.2 Å². The number of thiazole rings is 1. The first kappa shape index (κ1) is 17.8. The van der Waals surface area contributed by atoms with Gasteiger partial charge in [0.2, 0.25) is 0 Å². The van der Waals surface area contributed by atoms with Crippen molar-refractivity contribution in [2.45, 2.75) is 13.0 Å². The molecule has 1 amide bonds. The highest BCUT2D eigenvalue weighted by atomic mass is 32.1. The van der Waals surface area contributed by atoms with Crippen molar-refractivity contribution >= 4 is 33.4 Å². The maximum atomic E-state index is 12.6. The summed E-state index contributed by atoms with van der Waals surface area (Å²) in [5.41, 5.74) is 2.35. The van der Waals surface area contributed by atoms with Crippen molar-refractivity contribution in [2.24, 2.45) is 4.99 Å². The molecule has 3 aromatic rings. The Kier molecular flexibility index (Phi) is 5.14. The van der Waals surface area contributed by atoms with Gasteiger partial charge < -0.3 is 4.74 Å². The number of hydrogen-bond donors (Lipinski definition) is 0. The molecule has 2 aromatic carbocycles. The molecule has 0 N–H and O–H groups in total. The molecule has 1 aromatic heterocycles. The van der Waals surface area contributed by atoms with Crippen LogP contribution in [0.4, 0.5) is 0 Å². The summed E-state index contributed by atoms with van der Waals surface area (Å²) in [6.07, 6.45) is 1.49. The second kappa shape index (κ2) is 7.49. The zero-order valence-corrected chi connectivity index (χ0v) is 15.3. The predicted molar refractivity (Wildman–Crippen MR) is 102 cm³/mol. The number of carbonyl (C=O) groups excluding carboxylic acids is 2. The molecule has 1 atom stereocenters. The molecule has 0 aliphatic rings. The highest BCUT2D eigenvalue weighted by molar-refractivity contribution is 7.16. The third-order valence-electron chi connectivity index (χ3n) is 3.97. The fourth-order valence-corrected chi connectivity index (χ4v) is 3.67. The molecule has 0 aliphatic carbocycles. The first-order valence-electron chi connectivity index (χ1n) is 8.01. The fourth-order valence-electron chi connectivity index (χ4n) is 2.61. The van der Waals surface area contributed by atoms with Crippen molar-refractivity contribution in [3.8, 4) is 0 Å². The van der Waals surface area contributed by atoms with Crippen molar-refractivity contribution in [1.82, 2.24) is 4.57 Å². The summed E-state index contributed by atoms with van der Waals surface area (Å²) in [5.74, 6) is -0.828. The lowest BCUT2D eigenvalue weighted by Crippen LogP contribution is -2.27. The predicted octanol–water partition coefficient (Wildman–Crippen LogP) is 3.65. The van der Waals surface area contributed by atoms with Crippen LogP contribution in [-0.2, 0) is 9.53 Å². The van der Waals surface area contributed by atoms with E-state index in [0.717, 1.165) is 15.8 Å². The minimum Gasteiger partial charge on any atom is -0.467 e. The number of carbonyl (C=O) groups is 2. The summed E-state index contributed by atoms with van der Waals surface area (Å²) in [5, 5.41) is 0.